The van der Waals surface area contributed by atoms with Crippen molar-refractivity contribution in [1.82, 2.24) is 25.3 Å². The van der Waals surface area contributed by atoms with Crippen LogP contribution in [0.4, 0.5) is 9.93 Å². The maximum Gasteiger partial charge on any atom is 0.317 e. The summed E-state index contributed by atoms with van der Waals surface area (Å²) in [6, 6.07) is 0.306. The standard InChI is InChI=1S/C16H26N6O2S/c1-21(16(24)18-7-6-13-19-20-15(17)25-13)9-11-8-14(23)22(10-11)12-4-2-3-5-12/h11-12H,2-10H2,1H3,(H2,17,20)(H,18,24)/t11-/m0/s1. The SMILES string of the molecule is CN(C[C@@H]1CC(=O)N(C2CCCC2)C1)C(=O)NCCc1nnc(N)s1. The Kier molecular flexibility index (Phi) is 5.72. The Balaban J connectivity index is 1.40. The van der Waals surface area contributed by atoms with Gasteiger partial charge in [-0.2, -0.15) is 0 Å². The van der Waals surface area contributed by atoms with E-state index in [2.05, 4.69) is 15.5 Å². The first-order chi connectivity index (χ1) is 12.0. The van der Waals surface area contributed by atoms with Gasteiger partial charge in [-0.1, -0.05) is 24.2 Å². The van der Waals surface area contributed by atoms with E-state index in [4.69, 9.17) is 5.73 Å². The van der Waals surface area contributed by atoms with E-state index in [0.717, 1.165) is 24.4 Å². The van der Waals surface area contributed by atoms with Crippen molar-refractivity contribution in [2.24, 2.45) is 5.92 Å². The van der Waals surface area contributed by atoms with Crippen LogP contribution in [0.5, 0.6) is 0 Å². The van der Waals surface area contributed by atoms with Crippen LogP contribution in [-0.2, 0) is 11.2 Å². The number of hydrogen-bond acceptors (Lipinski definition) is 6. The highest BCUT2D eigenvalue weighted by molar-refractivity contribution is 7.15. The van der Waals surface area contributed by atoms with Gasteiger partial charge in [0.2, 0.25) is 11.0 Å². The molecule has 2 fully saturated rings. The van der Waals surface area contributed by atoms with Crippen molar-refractivity contribution in [3.8, 4) is 0 Å². The normalized spacial score (nSPS) is 21.1. The number of anilines is 1. The summed E-state index contributed by atoms with van der Waals surface area (Å²) < 4.78 is 0. The Morgan fingerprint density at radius 2 is 2.16 bits per heavy atom. The Morgan fingerprint density at radius 1 is 1.40 bits per heavy atom. The molecule has 3 amide bonds. The third kappa shape index (κ3) is 4.59. The Morgan fingerprint density at radius 3 is 2.84 bits per heavy atom. The third-order valence-corrected chi connectivity index (χ3v) is 5.79. The Bertz CT molecular complexity index is 616. The van der Waals surface area contributed by atoms with Crippen molar-refractivity contribution in [2.45, 2.75) is 44.6 Å². The topological polar surface area (TPSA) is 104 Å². The lowest BCUT2D eigenvalue weighted by molar-refractivity contribution is -0.129. The number of hydrogen-bond donors (Lipinski definition) is 2. The van der Waals surface area contributed by atoms with E-state index in [1.54, 1.807) is 11.9 Å². The number of likely N-dealkylation sites (tertiary alicyclic amines) is 1. The number of nitrogens with zero attached hydrogens (tertiary/aromatic N) is 4. The van der Waals surface area contributed by atoms with Gasteiger partial charge in [0.1, 0.15) is 5.01 Å². The largest absolute Gasteiger partial charge is 0.374 e. The predicted molar refractivity (Wildman–Crippen MR) is 96.1 cm³/mol. The van der Waals surface area contributed by atoms with Crippen LogP contribution in [0.1, 0.15) is 37.1 Å². The molecule has 1 aliphatic carbocycles. The lowest BCUT2D eigenvalue weighted by Gasteiger charge is -2.25. The number of carbonyl (C=O) groups is 2. The minimum Gasteiger partial charge on any atom is -0.374 e. The molecule has 3 rings (SSSR count). The van der Waals surface area contributed by atoms with E-state index in [-0.39, 0.29) is 17.9 Å². The third-order valence-electron chi connectivity index (χ3n) is 4.98. The van der Waals surface area contributed by atoms with Crippen molar-refractivity contribution in [1.29, 1.82) is 0 Å². The number of amides is 3. The molecule has 2 heterocycles. The van der Waals surface area contributed by atoms with Gasteiger partial charge < -0.3 is 20.9 Å². The molecule has 1 aliphatic heterocycles. The van der Waals surface area contributed by atoms with Crippen LogP contribution in [0.2, 0.25) is 0 Å². The predicted octanol–water partition coefficient (Wildman–Crippen LogP) is 1.10. The minimum atomic E-state index is -0.121. The number of aromatic nitrogens is 2. The zero-order valence-electron chi connectivity index (χ0n) is 14.6. The van der Waals surface area contributed by atoms with Crippen molar-refractivity contribution >= 4 is 28.4 Å². The first-order valence-electron chi connectivity index (χ1n) is 8.89. The lowest BCUT2D eigenvalue weighted by atomic mass is 10.1. The van der Waals surface area contributed by atoms with Gasteiger partial charge in [0, 0.05) is 51.5 Å². The highest BCUT2D eigenvalue weighted by Gasteiger charge is 2.36. The molecule has 1 aromatic heterocycles. The molecular weight excluding hydrogens is 340 g/mol. The smallest absolute Gasteiger partial charge is 0.317 e. The zero-order chi connectivity index (χ0) is 17.8. The summed E-state index contributed by atoms with van der Waals surface area (Å²) in [5.41, 5.74) is 5.54. The molecule has 0 spiro atoms. The molecule has 8 nitrogen and oxygen atoms in total. The van der Waals surface area contributed by atoms with Crippen molar-refractivity contribution in [3.05, 3.63) is 5.01 Å². The first-order valence-corrected chi connectivity index (χ1v) is 9.71. The van der Waals surface area contributed by atoms with Gasteiger partial charge in [-0.25, -0.2) is 4.79 Å². The van der Waals surface area contributed by atoms with Crippen LogP contribution in [0.15, 0.2) is 0 Å². The second-order valence-corrected chi connectivity index (χ2v) is 8.04. The van der Waals surface area contributed by atoms with E-state index in [1.807, 2.05) is 4.90 Å². The zero-order valence-corrected chi connectivity index (χ0v) is 15.4. The quantitative estimate of drug-likeness (QED) is 0.784. The van der Waals surface area contributed by atoms with Crippen molar-refractivity contribution in [2.75, 3.05) is 32.4 Å². The van der Waals surface area contributed by atoms with E-state index >= 15 is 0 Å². The average Bonchev–Trinajstić information content (AvgIpc) is 3.29. The molecule has 9 heteroatoms. The minimum absolute atomic E-state index is 0.121. The van der Waals surface area contributed by atoms with Crippen LogP contribution in [-0.4, -0.2) is 64.7 Å². The average molecular weight is 366 g/mol. The summed E-state index contributed by atoms with van der Waals surface area (Å²) >= 11 is 1.33. The number of rotatable bonds is 6. The van der Waals surface area contributed by atoms with Crippen molar-refractivity contribution < 1.29 is 9.59 Å². The van der Waals surface area contributed by atoms with Gasteiger partial charge in [0.15, 0.2) is 0 Å². The van der Waals surface area contributed by atoms with Crippen LogP contribution in [0.25, 0.3) is 0 Å². The molecule has 1 saturated heterocycles. The fraction of sp³-hybridized carbons (Fsp3) is 0.750. The lowest BCUT2D eigenvalue weighted by Crippen LogP contribution is -2.41. The van der Waals surface area contributed by atoms with Gasteiger partial charge in [0.25, 0.3) is 0 Å². The molecule has 3 N–H and O–H groups in total. The molecule has 0 unspecified atom stereocenters. The monoisotopic (exact) mass is 366 g/mol. The van der Waals surface area contributed by atoms with Gasteiger partial charge in [-0.05, 0) is 12.8 Å². The molecule has 138 valence electrons. The summed E-state index contributed by atoms with van der Waals surface area (Å²) in [5, 5.41) is 11.8. The van der Waals surface area contributed by atoms with E-state index in [0.29, 0.717) is 37.1 Å². The Labute approximate surface area is 151 Å². The van der Waals surface area contributed by atoms with Crippen LogP contribution in [0, 0.1) is 5.92 Å². The molecule has 0 aromatic carbocycles. The van der Waals surface area contributed by atoms with E-state index in [1.165, 1.54) is 24.2 Å². The molecule has 0 bridgehead atoms. The highest BCUT2D eigenvalue weighted by Crippen LogP contribution is 2.29. The maximum atomic E-state index is 12.2. The molecule has 1 atom stereocenters. The number of urea groups is 1. The van der Waals surface area contributed by atoms with Gasteiger partial charge >= 0.3 is 6.03 Å². The summed E-state index contributed by atoms with van der Waals surface area (Å²) in [7, 11) is 1.78. The van der Waals surface area contributed by atoms with Gasteiger partial charge in [-0.3, -0.25) is 4.79 Å². The van der Waals surface area contributed by atoms with Crippen LogP contribution in [0.3, 0.4) is 0 Å². The second kappa shape index (κ2) is 7.99. The number of carbonyl (C=O) groups excluding carboxylic acids is 2. The molecule has 1 saturated carbocycles. The first kappa shape index (κ1) is 17.9. The van der Waals surface area contributed by atoms with E-state index < -0.39 is 0 Å². The van der Waals surface area contributed by atoms with Crippen LogP contribution < -0.4 is 11.1 Å². The van der Waals surface area contributed by atoms with E-state index in [9.17, 15) is 9.59 Å². The molecule has 0 radical (unpaired) electrons. The number of nitrogens with one attached hydrogen (secondary N) is 1. The summed E-state index contributed by atoms with van der Waals surface area (Å²) in [6.07, 6.45) is 5.88. The Hall–Kier alpha value is -1.90. The number of nitrogens with two attached hydrogens (primary N) is 1. The van der Waals surface area contributed by atoms with Crippen molar-refractivity contribution in [3.63, 3.8) is 0 Å². The molecule has 1 aromatic rings. The summed E-state index contributed by atoms with van der Waals surface area (Å²) in [5.74, 6) is 0.478. The molecule has 25 heavy (non-hydrogen) atoms. The fourth-order valence-corrected chi connectivity index (χ4v) is 4.36. The fourth-order valence-electron chi connectivity index (χ4n) is 3.75. The summed E-state index contributed by atoms with van der Waals surface area (Å²) in [4.78, 5) is 28.2. The number of nitrogen functional groups attached to an aromatic ring is 1. The second-order valence-electron chi connectivity index (χ2n) is 6.95. The maximum absolute atomic E-state index is 12.2. The van der Waals surface area contributed by atoms with Gasteiger partial charge in [-0.15, -0.1) is 10.2 Å². The summed E-state index contributed by atoms with van der Waals surface area (Å²) in [6.45, 7) is 1.88. The molecular formula is C16H26N6O2S. The highest BCUT2D eigenvalue weighted by atomic mass is 32.1. The van der Waals surface area contributed by atoms with Gasteiger partial charge in [0.05, 0.1) is 0 Å². The van der Waals surface area contributed by atoms with Crippen LogP contribution >= 0.6 is 11.3 Å². The molecule has 2 aliphatic rings.